The molecular formula is C15H17F3N4S. The Labute approximate surface area is 136 Å². The van der Waals surface area contributed by atoms with Crippen molar-refractivity contribution in [3.8, 4) is 0 Å². The molecule has 1 aliphatic heterocycles. The largest absolute Gasteiger partial charge is 0.427 e. The first-order chi connectivity index (χ1) is 11.0. The van der Waals surface area contributed by atoms with Gasteiger partial charge >= 0.3 is 6.18 Å². The summed E-state index contributed by atoms with van der Waals surface area (Å²) in [5, 5.41) is 3.47. The third-order valence-electron chi connectivity index (χ3n) is 3.81. The first-order valence-electron chi connectivity index (χ1n) is 7.42. The molecule has 0 amide bonds. The van der Waals surface area contributed by atoms with Crippen LogP contribution < -0.4 is 5.32 Å². The van der Waals surface area contributed by atoms with Crippen LogP contribution in [0.1, 0.15) is 23.4 Å². The first-order valence-corrected chi connectivity index (χ1v) is 8.24. The molecule has 0 aliphatic carbocycles. The predicted octanol–water partition coefficient (Wildman–Crippen LogP) is 3.63. The van der Waals surface area contributed by atoms with Crippen LogP contribution in [-0.2, 0) is 12.7 Å². The van der Waals surface area contributed by atoms with Gasteiger partial charge in [-0.05, 0) is 25.0 Å². The third kappa shape index (κ3) is 4.42. The van der Waals surface area contributed by atoms with Gasteiger partial charge < -0.3 is 5.32 Å². The Bertz CT molecular complexity index is 621. The maximum absolute atomic E-state index is 12.6. The van der Waals surface area contributed by atoms with Crippen molar-refractivity contribution < 1.29 is 13.2 Å². The molecule has 2 aromatic rings. The molecule has 1 saturated heterocycles. The van der Waals surface area contributed by atoms with Crippen LogP contribution in [0.5, 0.6) is 0 Å². The van der Waals surface area contributed by atoms with E-state index in [9.17, 15) is 13.2 Å². The molecule has 0 atom stereocenters. The summed E-state index contributed by atoms with van der Waals surface area (Å²) in [5.74, 6) is 0. The predicted molar refractivity (Wildman–Crippen MR) is 83.3 cm³/mol. The molecule has 0 saturated carbocycles. The van der Waals surface area contributed by atoms with Gasteiger partial charge in [0.05, 0.1) is 11.9 Å². The monoisotopic (exact) mass is 342 g/mol. The van der Waals surface area contributed by atoms with E-state index in [-0.39, 0.29) is 6.04 Å². The van der Waals surface area contributed by atoms with Crippen molar-refractivity contribution in [3.63, 3.8) is 0 Å². The van der Waals surface area contributed by atoms with Crippen molar-refractivity contribution in [1.82, 2.24) is 14.9 Å². The lowest BCUT2D eigenvalue weighted by Crippen LogP contribution is -2.38. The topological polar surface area (TPSA) is 41.1 Å². The Kier molecular flexibility index (Phi) is 4.82. The van der Waals surface area contributed by atoms with Crippen molar-refractivity contribution in [2.24, 2.45) is 0 Å². The maximum atomic E-state index is 12.6. The highest BCUT2D eigenvalue weighted by Crippen LogP contribution is 2.35. The van der Waals surface area contributed by atoms with E-state index in [0.29, 0.717) is 16.5 Å². The number of anilines is 1. The lowest BCUT2D eigenvalue weighted by atomic mass is 10.1. The van der Waals surface area contributed by atoms with Gasteiger partial charge in [0.1, 0.15) is 4.88 Å². The summed E-state index contributed by atoms with van der Waals surface area (Å²) in [5.41, 5.74) is 1.04. The van der Waals surface area contributed by atoms with Gasteiger partial charge in [-0.2, -0.15) is 13.2 Å². The van der Waals surface area contributed by atoms with Crippen LogP contribution in [0, 0.1) is 0 Å². The Hall–Kier alpha value is -1.67. The molecule has 2 aromatic heterocycles. The number of nitrogens with one attached hydrogen (secondary N) is 1. The molecule has 1 aliphatic rings. The number of aromatic nitrogens is 2. The lowest BCUT2D eigenvalue weighted by Gasteiger charge is -2.32. The fraction of sp³-hybridized carbons (Fsp3) is 0.467. The van der Waals surface area contributed by atoms with Gasteiger partial charge in [-0.1, -0.05) is 17.4 Å². The standard InChI is InChI=1S/C15H17F3N4S/c16-15(17,18)13-9-20-14(23-13)21-11-4-7-22(8-5-11)10-12-3-1-2-6-19-12/h1-3,6,9,11H,4-5,7-8,10H2,(H,20,21). The number of nitrogens with zero attached hydrogens (tertiary/aromatic N) is 3. The number of rotatable bonds is 4. The van der Waals surface area contributed by atoms with E-state index in [1.54, 1.807) is 6.20 Å². The fourth-order valence-corrected chi connectivity index (χ4v) is 3.36. The number of hydrogen-bond acceptors (Lipinski definition) is 5. The van der Waals surface area contributed by atoms with Crippen molar-refractivity contribution in [1.29, 1.82) is 0 Å². The second kappa shape index (κ2) is 6.84. The summed E-state index contributed by atoms with van der Waals surface area (Å²) in [7, 11) is 0. The Morgan fingerprint density at radius 3 is 2.61 bits per heavy atom. The van der Waals surface area contributed by atoms with Crippen molar-refractivity contribution in [2.45, 2.75) is 31.6 Å². The molecule has 0 radical (unpaired) electrons. The van der Waals surface area contributed by atoms with Crippen LogP contribution in [0.2, 0.25) is 0 Å². The molecule has 1 fully saturated rings. The molecule has 0 aromatic carbocycles. The average molecular weight is 342 g/mol. The number of alkyl halides is 3. The highest BCUT2D eigenvalue weighted by atomic mass is 32.1. The smallest absolute Gasteiger partial charge is 0.359 e. The van der Waals surface area contributed by atoms with Crippen LogP contribution in [0.3, 0.4) is 0 Å². The van der Waals surface area contributed by atoms with Gasteiger partial charge in [0.25, 0.3) is 0 Å². The SMILES string of the molecule is FC(F)(F)c1cnc(NC2CCN(Cc3ccccn3)CC2)s1. The number of thiazole rings is 1. The fourth-order valence-electron chi connectivity index (χ4n) is 2.60. The van der Waals surface area contributed by atoms with Crippen LogP contribution in [0.25, 0.3) is 0 Å². The molecule has 8 heteroatoms. The summed E-state index contributed by atoms with van der Waals surface area (Å²) in [6.07, 6.45) is 0.124. The van der Waals surface area contributed by atoms with E-state index in [2.05, 4.69) is 20.2 Å². The van der Waals surface area contributed by atoms with E-state index in [0.717, 1.165) is 44.4 Å². The third-order valence-corrected chi connectivity index (χ3v) is 4.79. The summed E-state index contributed by atoms with van der Waals surface area (Å²) in [4.78, 5) is 9.79. The highest BCUT2D eigenvalue weighted by Gasteiger charge is 2.33. The number of pyridine rings is 1. The van der Waals surface area contributed by atoms with Gasteiger partial charge in [0.15, 0.2) is 5.13 Å². The minimum Gasteiger partial charge on any atom is -0.359 e. The van der Waals surface area contributed by atoms with Crippen molar-refractivity contribution in [3.05, 3.63) is 41.2 Å². The maximum Gasteiger partial charge on any atom is 0.427 e. The minimum absolute atomic E-state index is 0.169. The van der Waals surface area contributed by atoms with Crippen LogP contribution in [0.4, 0.5) is 18.3 Å². The zero-order valence-corrected chi connectivity index (χ0v) is 13.2. The van der Waals surface area contributed by atoms with Gasteiger partial charge in [0.2, 0.25) is 0 Å². The van der Waals surface area contributed by atoms with Crippen LogP contribution in [0.15, 0.2) is 30.6 Å². The number of likely N-dealkylation sites (tertiary alicyclic amines) is 1. The zero-order valence-electron chi connectivity index (χ0n) is 12.4. The van der Waals surface area contributed by atoms with Crippen molar-refractivity contribution in [2.75, 3.05) is 18.4 Å². The van der Waals surface area contributed by atoms with Crippen LogP contribution in [-0.4, -0.2) is 34.0 Å². The molecule has 0 bridgehead atoms. The Balaban J connectivity index is 1.48. The quantitative estimate of drug-likeness (QED) is 0.921. The van der Waals surface area contributed by atoms with Gasteiger partial charge in [0, 0.05) is 31.9 Å². The van der Waals surface area contributed by atoms with E-state index in [4.69, 9.17) is 0 Å². The van der Waals surface area contributed by atoms with Gasteiger partial charge in [-0.3, -0.25) is 9.88 Å². The number of hydrogen-bond donors (Lipinski definition) is 1. The van der Waals surface area contributed by atoms with Gasteiger partial charge in [-0.25, -0.2) is 4.98 Å². The molecule has 0 spiro atoms. The van der Waals surface area contributed by atoms with Crippen LogP contribution >= 0.6 is 11.3 Å². The zero-order chi connectivity index (χ0) is 16.3. The van der Waals surface area contributed by atoms with E-state index in [1.807, 2.05) is 18.2 Å². The highest BCUT2D eigenvalue weighted by molar-refractivity contribution is 7.15. The first kappa shape index (κ1) is 16.2. The molecule has 3 heterocycles. The second-order valence-corrected chi connectivity index (χ2v) is 6.57. The van der Waals surface area contributed by atoms with Crippen molar-refractivity contribution >= 4 is 16.5 Å². The Morgan fingerprint density at radius 2 is 2.00 bits per heavy atom. The molecular weight excluding hydrogens is 325 g/mol. The van der Waals surface area contributed by atoms with E-state index in [1.165, 1.54) is 0 Å². The van der Waals surface area contributed by atoms with E-state index >= 15 is 0 Å². The molecule has 124 valence electrons. The summed E-state index contributed by atoms with van der Waals surface area (Å²) >= 11 is 0.666. The summed E-state index contributed by atoms with van der Waals surface area (Å²) in [6, 6.07) is 6.03. The second-order valence-electron chi connectivity index (χ2n) is 5.54. The minimum atomic E-state index is -4.32. The summed E-state index contributed by atoms with van der Waals surface area (Å²) in [6.45, 7) is 2.60. The normalized spacial score (nSPS) is 17.3. The van der Waals surface area contributed by atoms with Gasteiger partial charge in [-0.15, -0.1) is 0 Å². The molecule has 23 heavy (non-hydrogen) atoms. The molecule has 3 rings (SSSR count). The van der Waals surface area contributed by atoms with E-state index < -0.39 is 11.1 Å². The number of piperidine rings is 1. The lowest BCUT2D eigenvalue weighted by molar-refractivity contribution is -0.134. The molecule has 1 N–H and O–H groups in total. The molecule has 4 nitrogen and oxygen atoms in total. The average Bonchev–Trinajstić information content (AvgIpc) is 2.99. The number of halogens is 3. The molecule has 0 unspecified atom stereocenters. The Morgan fingerprint density at radius 1 is 1.22 bits per heavy atom. The summed E-state index contributed by atoms with van der Waals surface area (Å²) < 4.78 is 37.7.